The lowest BCUT2D eigenvalue weighted by molar-refractivity contribution is -0.130. The highest BCUT2D eigenvalue weighted by atomic mass is 32.1. The molecule has 3 rings (SSSR count). The third-order valence-corrected chi connectivity index (χ3v) is 4.55. The van der Waals surface area contributed by atoms with Crippen molar-refractivity contribution >= 4 is 23.2 Å². The zero-order valence-electron chi connectivity index (χ0n) is 14.0. The molecule has 0 amide bonds. The zero-order chi connectivity index (χ0) is 16.9. The fourth-order valence-electron chi connectivity index (χ4n) is 2.64. The summed E-state index contributed by atoms with van der Waals surface area (Å²) >= 11 is 1.69. The number of aryl methyl sites for hydroxylation is 1. The molecule has 0 unspecified atom stereocenters. The maximum Gasteiger partial charge on any atom is 0.363 e. The Morgan fingerprint density at radius 3 is 2.62 bits per heavy atom. The topological polar surface area (TPSA) is 38.7 Å². The van der Waals surface area contributed by atoms with E-state index in [0.29, 0.717) is 17.5 Å². The molecular weight excluding hydrogens is 318 g/mol. The highest BCUT2D eigenvalue weighted by Crippen LogP contribution is 2.19. The summed E-state index contributed by atoms with van der Waals surface area (Å²) in [6, 6.07) is 10.2. The summed E-state index contributed by atoms with van der Waals surface area (Å²) in [5, 5.41) is 4.18. The molecule has 0 saturated carbocycles. The first-order chi connectivity index (χ1) is 11.6. The molecule has 2 aromatic rings. The fourth-order valence-corrected chi connectivity index (χ4v) is 3.34. The monoisotopic (exact) mass is 339 g/mol. The van der Waals surface area contributed by atoms with Crippen LogP contribution in [0.2, 0.25) is 0 Å². The second-order valence-electron chi connectivity index (χ2n) is 6.36. The Hall–Kier alpha value is -2.20. The highest BCUT2D eigenvalue weighted by molar-refractivity contribution is 7.07. The van der Waals surface area contributed by atoms with Crippen molar-refractivity contribution in [1.82, 2.24) is 0 Å². The number of esters is 1. The van der Waals surface area contributed by atoms with E-state index in [1.807, 2.05) is 18.2 Å². The minimum absolute atomic E-state index is 0.360. The largest absolute Gasteiger partial charge is 0.402 e. The number of ether oxygens (including phenoxy) is 1. The first-order valence-electron chi connectivity index (χ1n) is 8.23. The fraction of sp³-hybridized carbons (Fsp3) is 0.300. The van der Waals surface area contributed by atoms with Gasteiger partial charge in [0, 0.05) is 5.56 Å². The molecule has 0 fully saturated rings. The van der Waals surface area contributed by atoms with Crippen LogP contribution in [-0.4, -0.2) is 11.9 Å². The van der Waals surface area contributed by atoms with Crippen LogP contribution in [0.25, 0.3) is 0 Å². The first kappa shape index (κ1) is 16.7. The number of rotatable bonds is 6. The van der Waals surface area contributed by atoms with E-state index >= 15 is 0 Å². The summed E-state index contributed by atoms with van der Waals surface area (Å²) < 4.78 is 5.31. The molecule has 4 heteroatoms. The van der Waals surface area contributed by atoms with Crippen LogP contribution in [-0.2, 0) is 22.4 Å². The van der Waals surface area contributed by atoms with Crippen LogP contribution < -0.4 is 0 Å². The van der Waals surface area contributed by atoms with Gasteiger partial charge < -0.3 is 4.74 Å². The molecule has 0 N–H and O–H groups in total. The molecule has 124 valence electrons. The summed E-state index contributed by atoms with van der Waals surface area (Å²) in [6.07, 6.45) is 4.60. The molecule has 3 nitrogen and oxygen atoms in total. The molecule has 0 atom stereocenters. The van der Waals surface area contributed by atoms with Crippen LogP contribution in [0, 0.1) is 5.92 Å². The number of cyclic esters (lactones) is 1. The summed E-state index contributed by atoms with van der Waals surface area (Å²) in [5.41, 5.74) is 3.82. The molecule has 0 saturated heterocycles. The molecule has 1 aliphatic heterocycles. The lowest BCUT2D eigenvalue weighted by atomic mass is 10.0. The van der Waals surface area contributed by atoms with Gasteiger partial charge in [-0.2, -0.15) is 11.3 Å². The van der Waals surface area contributed by atoms with E-state index < -0.39 is 0 Å². The van der Waals surface area contributed by atoms with E-state index in [9.17, 15) is 4.79 Å². The summed E-state index contributed by atoms with van der Waals surface area (Å²) in [7, 11) is 0. The number of hydrogen-bond acceptors (Lipinski definition) is 4. The van der Waals surface area contributed by atoms with E-state index in [1.165, 1.54) is 11.1 Å². The van der Waals surface area contributed by atoms with Crippen LogP contribution in [0.5, 0.6) is 0 Å². The number of carbonyl (C=O) groups is 1. The number of allylic oxidation sites excluding steroid dienone is 1. The number of thiophene rings is 1. The minimum atomic E-state index is -0.360. The predicted molar refractivity (Wildman–Crippen MR) is 98.3 cm³/mol. The number of nitrogens with zero attached hydrogens (tertiary/aromatic N) is 1. The van der Waals surface area contributed by atoms with Crippen molar-refractivity contribution in [2.24, 2.45) is 10.9 Å². The Balaban J connectivity index is 1.66. The van der Waals surface area contributed by atoms with Crippen molar-refractivity contribution in [3.8, 4) is 0 Å². The van der Waals surface area contributed by atoms with Crippen LogP contribution >= 0.6 is 11.3 Å². The van der Waals surface area contributed by atoms with Crippen molar-refractivity contribution in [3.63, 3.8) is 0 Å². The Morgan fingerprint density at radius 1 is 1.17 bits per heavy atom. The average molecular weight is 339 g/mol. The predicted octanol–water partition coefficient (Wildman–Crippen LogP) is 4.77. The molecule has 0 bridgehead atoms. The van der Waals surface area contributed by atoms with Gasteiger partial charge in [-0.05, 0) is 65.3 Å². The van der Waals surface area contributed by atoms with Gasteiger partial charge in [0.15, 0.2) is 0 Å². The van der Waals surface area contributed by atoms with Gasteiger partial charge in [0.25, 0.3) is 0 Å². The van der Waals surface area contributed by atoms with E-state index in [-0.39, 0.29) is 5.97 Å². The Bertz CT molecular complexity index is 755. The molecule has 2 heterocycles. The third kappa shape index (κ3) is 4.20. The lowest BCUT2D eigenvalue weighted by Gasteiger charge is -2.05. The summed E-state index contributed by atoms with van der Waals surface area (Å²) in [5.74, 6) is 0.662. The van der Waals surface area contributed by atoms with E-state index in [0.717, 1.165) is 24.8 Å². The molecule has 0 radical (unpaired) electrons. The van der Waals surface area contributed by atoms with Gasteiger partial charge in [-0.1, -0.05) is 32.1 Å². The average Bonchev–Trinajstić information content (AvgIpc) is 3.18. The van der Waals surface area contributed by atoms with E-state index in [4.69, 9.17) is 4.74 Å². The van der Waals surface area contributed by atoms with Gasteiger partial charge >= 0.3 is 5.97 Å². The van der Waals surface area contributed by atoms with Gasteiger partial charge in [0.1, 0.15) is 5.70 Å². The van der Waals surface area contributed by atoms with Crippen molar-refractivity contribution in [1.29, 1.82) is 0 Å². The Labute approximate surface area is 146 Å². The van der Waals surface area contributed by atoms with Gasteiger partial charge in [0.2, 0.25) is 5.90 Å². The Morgan fingerprint density at radius 2 is 1.96 bits per heavy atom. The number of benzene rings is 1. The zero-order valence-corrected chi connectivity index (χ0v) is 14.8. The maximum atomic E-state index is 12.0. The van der Waals surface area contributed by atoms with Gasteiger partial charge in [-0.25, -0.2) is 9.79 Å². The van der Waals surface area contributed by atoms with E-state index in [1.54, 1.807) is 11.3 Å². The first-order valence-corrected chi connectivity index (χ1v) is 9.17. The van der Waals surface area contributed by atoms with Gasteiger partial charge in [0.05, 0.1) is 0 Å². The van der Waals surface area contributed by atoms with Crippen LogP contribution in [0.15, 0.2) is 57.9 Å². The normalized spacial score (nSPS) is 15.9. The van der Waals surface area contributed by atoms with Crippen LogP contribution in [0.1, 0.15) is 37.0 Å². The van der Waals surface area contributed by atoms with Crippen LogP contribution in [0.4, 0.5) is 0 Å². The summed E-state index contributed by atoms with van der Waals surface area (Å²) in [6.45, 7) is 4.40. The van der Waals surface area contributed by atoms with Crippen molar-refractivity contribution < 1.29 is 9.53 Å². The minimum Gasteiger partial charge on any atom is -0.402 e. The second kappa shape index (κ2) is 7.58. The van der Waals surface area contributed by atoms with Crippen molar-refractivity contribution in [2.75, 3.05) is 0 Å². The van der Waals surface area contributed by atoms with Crippen molar-refractivity contribution in [2.45, 2.75) is 33.1 Å². The van der Waals surface area contributed by atoms with E-state index in [2.05, 4.69) is 47.8 Å². The summed E-state index contributed by atoms with van der Waals surface area (Å²) in [4.78, 5) is 16.3. The molecule has 0 spiro atoms. The number of carbonyl (C=O) groups excluding carboxylic acids is 1. The van der Waals surface area contributed by atoms with Crippen LogP contribution in [0.3, 0.4) is 0 Å². The molecule has 1 aliphatic rings. The van der Waals surface area contributed by atoms with Crippen molar-refractivity contribution in [3.05, 3.63) is 69.6 Å². The second-order valence-corrected chi connectivity index (χ2v) is 7.14. The third-order valence-electron chi connectivity index (χ3n) is 3.82. The van der Waals surface area contributed by atoms with Gasteiger partial charge in [-0.3, -0.25) is 0 Å². The number of aliphatic imine (C=N–C) groups is 1. The number of hydrogen-bond donors (Lipinski definition) is 0. The smallest absolute Gasteiger partial charge is 0.363 e. The quantitative estimate of drug-likeness (QED) is 0.562. The molecule has 24 heavy (non-hydrogen) atoms. The molecule has 1 aromatic heterocycles. The SMILES string of the molecule is CC(C)Cc1ccc(C2=N/C(=C/CCc3ccsc3)C(=O)O2)cc1. The maximum absolute atomic E-state index is 12.0. The molecular formula is C20H21NO2S. The molecule has 0 aliphatic carbocycles. The molecule has 1 aromatic carbocycles. The lowest BCUT2D eigenvalue weighted by Crippen LogP contribution is -2.05. The highest BCUT2D eigenvalue weighted by Gasteiger charge is 2.23. The Kier molecular flexibility index (Phi) is 5.26. The standard InChI is InChI=1S/C20H21NO2S/c1-14(2)12-15-6-8-17(9-7-15)19-21-18(20(22)23-19)5-3-4-16-10-11-24-13-16/h5-11,13-14H,3-4,12H2,1-2H3/b18-5+. The van der Waals surface area contributed by atoms with Gasteiger partial charge in [-0.15, -0.1) is 0 Å².